The molecule has 120 valence electrons. The molecule has 0 unspecified atom stereocenters. The lowest BCUT2D eigenvalue weighted by Crippen LogP contribution is -2.56. The first kappa shape index (κ1) is 14.8. The summed E-state index contributed by atoms with van der Waals surface area (Å²) in [5, 5.41) is 31.8. The van der Waals surface area contributed by atoms with Gasteiger partial charge in [0.2, 0.25) is 5.91 Å². The zero-order chi connectivity index (χ0) is 16.4. The van der Waals surface area contributed by atoms with E-state index in [9.17, 15) is 14.7 Å². The van der Waals surface area contributed by atoms with Crippen LogP contribution in [0.3, 0.4) is 0 Å². The van der Waals surface area contributed by atoms with Crippen molar-refractivity contribution in [2.45, 2.75) is 12.5 Å². The molecule has 1 saturated heterocycles. The second-order valence-electron chi connectivity index (χ2n) is 5.00. The largest absolute Gasteiger partial charge is 0.507 e. The quantitative estimate of drug-likeness (QED) is 0.665. The smallest absolute Gasteiger partial charge is 0.343 e. The summed E-state index contributed by atoms with van der Waals surface area (Å²) in [7, 11) is 0. The molecule has 2 heterocycles. The first-order chi connectivity index (χ1) is 11.0. The number of benzene rings is 1. The van der Waals surface area contributed by atoms with E-state index in [1.54, 1.807) is 4.90 Å². The van der Waals surface area contributed by atoms with Gasteiger partial charge >= 0.3 is 5.97 Å². The predicted molar refractivity (Wildman–Crippen MR) is 73.9 cm³/mol. The van der Waals surface area contributed by atoms with Crippen LogP contribution in [0.15, 0.2) is 18.2 Å². The highest BCUT2D eigenvalue weighted by molar-refractivity contribution is 5.94. The molecule has 2 aromatic rings. The van der Waals surface area contributed by atoms with Crippen molar-refractivity contribution in [2.24, 2.45) is 0 Å². The summed E-state index contributed by atoms with van der Waals surface area (Å²) in [5.41, 5.74) is -0.288. The highest BCUT2D eigenvalue weighted by Crippen LogP contribution is 2.29. The number of H-pyrrole nitrogens is 1. The molecule has 0 saturated carbocycles. The van der Waals surface area contributed by atoms with E-state index >= 15 is 0 Å². The zero-order valence-corrected chi connectivity index (χ0v) is 11.8. The van der Waals surface area contributed by atoms with Crippen molar-refractivity contribution in [1.82, 2.24) is 25.5 Å². The normalized spacial score (nSPS) is 14.3. The summed E-state index contributed by atoms with van der Waals surface area (Å²) < 4.78 is 5.55. The Balaban J connectivity index is 1.57. The maximum absolute atomic E-state index is 11.9. The molecule has 1 aromatic carbocycles. The fourth-order valence-corrected chi connectivity index (χ4v) is 2.23. The second-order valence-corrected chi connectivity index (χ2v) is 5.00. The molecular weight excluding hydrogens is 306 g/mol. The van der Waals surface area contributed by atoms with Crippen molar-refractivity contribution >= 4 is 11.9 Å². The predicted octanol–water partition coefficient (Wildman–Crippen LogP) is -0.564. The van der Waals surface area contributed by atoms with Gasteiger partial charge in [0.1, 0.15) is 23.2 Å². The summed E-state index contributed by atoms with van der Waals surface area (Å²) in [6.45, 7) is 0.650. The van der Waals surface area contributed by atoms with Crippen molar-refractivity contribution < 1.29 is 24.5 Å². The third-order valence-electron chi connectivity index (χ3n) is 3.41. The highest BCUT2D eigenvalue weighted by Gasteiger charge is 2.33. The minimum absolute atomic E-state index is 0.0374. The van der Waals surface area contributed by atoms with Crippen molar-refractivity contribution in [3.05, 3.63) is 29.6 Å². The van der Waals surface area contributed by atoms with Crippen molar-refractivity contribution in [3.63, 3.8) is 0 Å². The number of aromatic nitrogens is 4. The Bertz CT molecular complexity index is 726. The Kier molecular flexibility index (Phi) is 3.79. The monoisotopic (exact) mass is 319 g/mol. The fraction of sp³-hybridized carbons (Fsp3) is 0.308. The van der Waals surface area contributed by atoms with Gasteiger partial charge in [-0.2, -0.15) is 5.21 Å². The molecule has 0 aliphatic carbocycles. The van der Waals surface area contributed by atoms with Crippen molar-refractivity contribution in [2.75, 3.05) is 13.1 Å². The Morgan fingerprint density at radius 1 is 1.39 bits per heavy atom. The van der Waals surface area contributed by atoms with E-state index in [4.69, 9.17) is 9.84 Å². The molecule has 1 amide bonds. The van der Waals surface area contributed by atoms with E-state index in [1.165, 1.54) is 18.2 Å². The number of carbonyl (C=O) groups is 2. The summed E-state index contributed by atoms with van der Waals surface area (Å²) >= 11 is 0. The maximum atomic E-state index is 11.9. The van der Waals surface area contributed by atoms with Gasteiger partial charge in [-0.05, 0) is 12.1 Å². The Hall–Kier alpha value is -3.17. The number of tetrazole rings is 1. The van der Waals surface area contributed by atoms with Crippen LogP contribution in [0.2, 0.25) is 0 Å². The van der Waals surface area contributed by atoms with Gasteiger partial charge in [-0.3, -0.25) is 4.79 Å². The third kappa shape index (κ3) is 3.05. The van der Waals surface area contributed by atoms with Gasteiger partial charge in [-0.25, -0.2) is 4.79 Å². The van der Waals surface area contributed by atoms with E-state index in [0.717, 1.165) is 0 Å². The number of ether oxygens (including phenoxy) is 1. The minimum atomic E-state index is -1.28. The molecular formula is C13H13N5O5. The molecule has 1 aliphatic heterocycles. The number of nitrogens with zero attached hydrogens (tertiary/aromatic N) is 4. The molecule has 0 spiro atoms. The molecule has 1 aliphatic rings. The second kappa shape index (κ2) is 5.91. The summed E-state index contributed by atoms with van der Waals surface area (Å²) in [4.78, 5) is 24.6. The number of nitrogens with one attached hydrogen (secondary N) is 1. The number of rotatable bonds is 5. The Morgan fingerprint density at radius 2 is 2.17 bits per heavy atom. The van der Waals surface area contributed by atoms with Crippen LogP contribution in [0.1, 0.15) is 16.2 Å². The topological polar surface area (TPSA) is 142 Å². The zero-order valence-electron chi connectivity index (χ0n) is 11.8. The number of aromatic carboxylic acids is 1. The number of amides is 1. The molecule has 23 heavy (non-hydrogen) atoms. The van der Waals surface area contributed by atoms with Gasteiger partial charge in [0.25, 0.3) is 0 Å². The number of carbonyl (C=O) groups excluding carboxylic acids is 1. The number of likely N-dealkylation sites (tertiary alicyclic amines) is 1. The van der Waals surface area contributed by atoms with Gasteiger partial charge in [0, 0.05) is 0 Å². The van der Waals surface area contributed by atoms with E-state index in [0.29, 0.717) is 18.9 Å². The third-order valence-corrected chi connectivity index (χ3v) is 3.41. The number of hydrogen-bond donors (Lipinski definition) is 3. The van der Waals surface area contributed by atoms with Crippen LogP contribution in [-0.2, 0) is 11.2 Å². The fourth-order valence-electron chi connectivity index (χ4n) is 2.23. The van der Waals surface area contributed by atoms with Crippen LogP contribution < -0.4 is 4.74 Å². The van der Waals surface area contributed by atoms with Crippen LogP contribution in [0.5, 0.6) is 11.5 Å². The summed E-state index contributed by atoms with van der Waals surface area (Å²) in [5.74, 6) is -1.42. The number of hydrogen-bond acceptors (Lipinski definition) is 7. The van der Waals surface area contributed by atoms with Crippen LogP contribution in [0, 0.1) is 0 Å². The SMILES string of the molecule is O=C(O)c1c(O)cccc1OC1CN(C(=O)Cc2nn[nH]n2)C1. The molecule has 0 atom stereocenters. The average molecular weight is 319 g/mol. The Morgan fingerprint density at radius 3 is 2.83 bits per heavy atom. The molecule has 1 aromatic heterocycles. The lowest BCUT2D eigenvalue weighted by molar-refractivity contribution is -0.139. The van der Waals surface area contributed by atoms with Crippen molar-refractivity contribution in [1.29, 1.82) is 0 Å². The lowest BCUT2D eigenvalue weighted by Gasteiger charge is -2.39. The summed E-state index contributed by atoms with van der Waals surface area (Å²) in [6.07, 6.45) is -0.292. The standard InChI is InChI=1S/C13H13N5O5/c19-8-2-1-3-9(12(8)13(21)22)23-7-5-18(6-7)11(20)4-10-14-16-17-15-10/h1-3,7,19H,4-6H2,(H,21,22)(H,14,15,16,17). The van der Waals surface area contributed by atoms with E-state index < -0.39 is 5.97 Å². The number of carboxylic acids is 1. The first-order valence-corrected chi connectivity index (χ1v) is 6.76. The minimum Gasteiger partial charge on any atom is -0.507 e. The lowest BCUT2D eigenvalue weighted by atomic mass is 10.1. The van der Waals surface area contributed by atoms with E-state index in [2.05, 4.69) is 20.6 Å². The van der Waals surface area contributed by atoms with Gasteiger partial charge in [-0.15, -0.1) is 10.2 Å². The molecule has 3 N–H and O–H groups in total. The number of phenols is 1. The number of carboxylic acid groups (broad SMARTS) is 1. The van der Waals surface area contributed by atoms with Crippen LogP contribution in [0.4, 0.5) is 0 Å². The molecule has 3 rings (SSSR count). The van der Waals surface area contributed by atoms with Crippen LogP contribution >= 0.6 is 0 Å². The van der Waals surface area contributed by atoms with Crippen LogP contribution in [-0.4, -0.2) is 66.8 Å². The first-order valence-electron chi connectivity index (χ1n) is 6.76. The average Bonchev–Trinajstić information content (AvgIpc) is 2.94. The van der Waals surface area contributed by atoms with Gasteiger partial charge < -0.3 is 19.8 Å². The van der Waals surface area contributed by atoms with Crippen molar-refractivity contribution in [3.8, 4) is 11.5 Å². The van der Waals surface area contributed by atoms with Gasteiger partial charge in [-0.1, -0.05) is 11.3 Å². The van der Waals surface area contributed by atoms with Gasteiger partial charge in [0.05, 0.1) is 19.5 Å². The molecule has 1 fully saturated rings. The Labute approximate surface area is 129 Å². The maximum Gasteiger partial charge on any atom is 0.343 e. The van der Waals surface area contributed by atoms with Gasteiger partial charge in [0.15, 0.2) is 5.82 Å². The summed E-state index contributed by atoms with van der Waals surface area (Å²) in [6, 6.07) is 4.24. The molecule has 10 nitrogen and oxygen atoms in total. The van der Waals surface area contributed by atoms with E-state index in [-0.39, 0.29) is 35.5 Å². The highest BCUT2D eigenvalue weighted by atomic mass is 16.5. The number of aromatic amines is 1. The van der Waals surface area contributed by atoms with Crippen LogP contribution in [0.25, 0.3) is 0 Å². The molecule has 10 heteroatoms. The number of aromatic hydroxyl groups is 1. The molecule has 0 bridgehead atoms. The van der Waals surface area contributed by atoms with E-state index in [1.807, 2.05) is 0 Å². The molecule has 0 radical (unpaired) electrons.